The Balaban J connectivity index is 1.90. The molecule has 2 heterocycles. The van der Waals surface area contributed by atoms with E-state index in [0.717, 1.165) is 12.4 Å². The van der Waals surface area contributed by atoms with Crippen LogP contribution in [-0.2, 0) is 0 Å². The topological polar surface area (TPSA) is 29.9 Å². The van der Waals surface area contributed by atoms with Gasteiger partial charge in [0, 0.05) is 24.1 Å². The molecule has 1 N–H and O–H groups in total. The lowest BCUT2D eigenvalue weighted by molar-refractivity contribution is 0.383. The summed E-state index contributed by atoms with van der Waals surface area (Å²) in [6.45, 7) is 3.16. The molecule has 0 spiro atoms. The van der Waals surface area contributed by atoms with Crippen molar-refractivity contribution in [3.8, 4) is 5.69 Å². The smallest absolute Gasteiger partial charge is 0.110 e. The van der Waals surface area contributed by atoms with Gasteiger partial charge in [0.25, 0.3) is 0 Å². The number of nitrogens with zero attached hydrogens (tertiary/aromatic N) is 2. The molecular weight excluding hydrogens is 198 g/mol. The molecule has 3 nitrogen and oxygen atoms in total. The van der Waals surface area contributed by atoms with E-state index in [1.54, 1.807) is 0 Å². The van der Waals surface area contributed by atoms with Crippen LogP contribution in [0.25, 0.3) is 5.69 Å². The van der Waals surface area contributed by atoms with E-state index in [2.05, 4.69) is 39.1 Å². The van der Waals surface area contributed by atoms with Crippen molar-refractivity contribution in [2.45, 2.75) is 19.4 Å². The summed E-state index contributed by atoms with van der Waals surface area (Å²) in [7, 11) is 0. The zero-order chi connectivity index (χ0) is 11.0. The Morgan fingerprint density at radius 3 is 2.56 bits per heavy atom. The van der Waals surface area contributed by atoms with E-state index >= 15 is 0 Å². The molecule has 1 aromatic carbocycles. The van der Waals surface area contributed by atoms with Crippen LogP contribution >= 0.6 is 0 Å². The van der Waals surface area contributed by atoms with Gasteiger partial charge in [-0.25, -0.2) is 4.98 Å². The van der Waals surface area contributed by atoms with Crippen molar-refractivity contribution < 1.29 is 0 Å². The molecule has 2 aromatic rings. The molecule has 0 bridgehead atoms. The van der Waals surface area contributed by atoms with Crippen molar-refractivity contribution in [2.75, 3.05) is 6.54 Å². The molecule has 1 aromatic heterocycles. The largest absolute Gasteiger partial charge is 0.310 e. The zero-order valence-corrected chi connectivity index (χ0v) is 9.35. The van der Waals surface area contributed by atoms with Gasteiger partial charge in [-0.2, -0.15) is 0 Å². The predicted octanol–water partition coefficient (Wildman–Crippen LogP) is 2.22. The maximum Gasteiger partial charge on any atom is 0.110 e. The SMILES string of the molecule is Cc1nccn1-c1ccc([C@H]2CCN2)cc1. The number of hydrogen-bond donors (Lipinski definition) is 1. The van der Waals surface area contributed by atoms with Crippen LogP contribution in [0.4, 0.5) is 0 Å². The van der Waals surface area contributed by atoms with Gasteiger partial charge in [-0.3, -0.25) is 0 Å². The lowest BCUT2D eigenvalue weighted by Gasteiger charge is -2.28. The zero-order valence-electron chi connectivity index (χ0n) is 9.35. The third-order valence-electron chi connectivity index (χ3n) is 3.22. The Bertz CT molecular complexity index is 480. The van der Waals surface area contributed by atoms with Gasteiger partial charge >= 0.3 is 0 Å². The minimum atomic E-state index is 0.568. The molecule has 1 fully saturated rings. The Hall–Kier alpha value is -1.61. The fourth-order valence-electron chi connectivity index (χ4n) is 2.09. The van der Waals surface area contributed by atoms with Crippen molar-refractivity contribution in [1.29, 1.82) is 0 Å². The molecule has 0 amide bonds. The van der Waals surface area contributed by atoms with Crippen LogP contribution in [0.5, 0.6) is 0 Å². The molecule has 1 aliphatic heterocycles. The monoisotopic (exact) mass is 213 g/mol. The third kappa shape index (κ3) is 1.53. The molecule has 16 heavy (non-hydrogen) atoms. The minimum absolute atomic E-state index is 0.568. The molecule has 82 valence electrons. The van der Waals surface area contributed by atoms with Crippen LogP contribution in [0.2, 0.25) is 0 Å². The highest BCUT2D eigenvalue weighted by Gasteiger charge is 2.17. The maximum atomic E-state index is 4.23. The average molecular weight is 213 g/mol. The van der Waals surface area contributed by atoms with Gasteiger partial charge < -0.3 is 9.88 Å². The van der Waals surface area contributed by atoms with Crippen LogP contribution < -0.4 is 5.32 Å². The predicted molar refractivity (Wildman–Crippen MR) is 63.7 cm³/mol. The first-order chi connectivity index (χ1) is 7.84. The van der Waals surface area contributed by atoms with Gasteiger partial charge in [0.15, 0.2) is 0 Å². The Kier molecular flexibility index (Phi) is 2.26. The van der Waals surface area contributed by atoms with Crippen molar-refractivity contribution in [3.05, 3.63) is 48.0 Å². The van der Waals surface area contributed by atoms with Crippen molar-refractivity contribution in [3.63, 3.8) is 0 Å². The first-order valence-electron chi connectivity index (χ1n) is 5.68. The van der Waals surface area contributed by atoms with Crippen LogP contribution in [0, 0.1) is 6.92 Å². The second kappa shape index (κ2) is 3.76. The van der Waals surface area contributed by atoms with Gasteiger partial charge in [0.1, 0.15) is 5.82 Å². The highest BCUT2D eigenvalue weighted by atomic mass is 15.1. The lowest BCUT2D eigenvalue weighted by Crippen LogP contribution is -2.34. The van der Waals surface area contributed by atoms with Gasteiger partial charge in [0.05, 0.1) is 0 Å². The maximum absolute atomic E-state index is 4.23. The van der Waals surface area contributed by atoms with Gasteiger partial charge in [-0.15, -0.1) is 0 Å². The van der Waals surface area contributed by atoms with E-state index in [-0.39, 0.29) is 0 Å². The summed E-state index contributed by atoms with van der Waals surface area (Å²) in [5.74, 6) is 1.02. The van der Waals surface area contributed by atoms with Gasteiger partial charge in [0.2, 0.25) is 0 Å². The highest BCUT2D eigenvalue weighted by Crippen LogP contribution is 2.23. The van der Waals surface area contributed by atoms with E-state index in [0.29, 0.717) is 6.04 Å². The fraction of sp³-hybridized carbons (Fsp3) is 0.308. The van der Waals surface area contributed by atoms with Crippen LogP contribution in [-0.4, -0.2) is 16.1 Å². The average Bonchev–Trinajstić information content (AvgIpc) is 2.63. The Morgan fingerprint density at radius 2 is 2.06 bits per heavy atom. The number of benzene rings is 1. The molecule has 0 unspecified atom stereocenters. The number of aromatic nitrogens is 2. The summed E-state index contributed by atoms with van der Waals surface area (Å²) in [5.41, 5.74) is 2.56. The standard InChI is InChI=1S/C13H15N3/c1-10-14-8-9-16(10)12-4-2-11(3-5-12)13-6-7-15-13/h2-5,8-9,13,15H,6-7H2,1H3/t13-/m1/s1. The number of aryl methyl sites for hydroxylation is 1. The third-order valence-corrected chi connectivity index (χ3v) is 3.22. The number of rotatable bonds is 2. The molecule has 3 heteroatoms. The van der Waals surface area contributed by atoms with E-state index in [1.807, 2.05) is 19.3 Å². The number of hydrogen-bond acceptors (Lipinski definition) is 2. The van der Waals surface area contributed by atoms with Gasteiger partial charge in [-0.1, -0.05) is 12.1 Å². The van der Waals surface area contributed by atoms with Crippen molar-refractivity contribution in [1.82, 2.24) is 14.9 Å². The molecule has 1 aliphatic rings. The summed E-state index contributed by atoms with van der Waals surface area (Å²) in [5, 5.41) is 3.41. The molecular formula is C13H15N3. The lowest BCUT2D eigenvalue weighted by atomic mass is 9.98. The van der Waals surface area contributed by atoms with Gasteiger partial charge in [-0.05, 0) is 37.6 Å². The second-order valence-electron chi connectivity index (χ2n) is 4.23. The van der Waals surface area contributed by atoms with Crippen LogP contribution in [0.3, 0.4) is 0 Å². The molecule has 0 saturated carbocycles. The summed E-state index contributed by atoms with van der Waals surface area (Å²) in [6.07, 6.45) is 5.08. The first kappa shape index (κ1) is 9.60. The van der Waals surface area contributed by atoms with E-state index < -0.39 is 0 Å². The molecule has 0 aliphatic carbocycles. The minimum Gasteiger partial charge on any atom is -0.310 e. The summed E-state index contributed by atoms with van der Waals surface area (Å²) < 4.78 is 2.10. The molecule has 1 atom stereocenters. The van der Waals surface area contributed by atoms with Crippen LogP contribution in [0.1, 0.15) is 23.9 Å². The van der Waals surface area contributed by atoms with Crippen LogP contribution in [0.15, 0.2) is 36.7 Å². The molecule has 0 radical (unpaired) electrons. The summed E-state index contributed by atoms with van der Waals surface area (Å²) in [6, 6.07) is 9.28. The Morgan fingerprint density at radius 1 is 1.31 bits per heavy atom. The quantitative estimate of drug-likeness (QED) is 0.829. The van der Waals surface area contributed by atoms with E-state index in [9.17, 15) is 0 Å². The molecule has 1 saturated heterocycles. The van der Waals surface area contributed by atoms with E-state index in [4.69, 9.17) is 0 Å². The summed E-state index contributed by atoms with van der Waals surface area (Å²) in [4.78, 5) is 4.23. The normalized spacial score (nSPS) is 19.4. The van der Waals surface area contributed by atoms with Crippen molar-refractivity contribution >= 4 is 0 Å². The first-order valence-corrected chi connectivity index (χ1v) is 5.68. The number of nitrogens with one attached hydrogen (secondary N) is 1. The van der Waals surface area contributed by atoms with Crippen molar-refractivity contribution in [2.24, 2.45) is 0 Å². The van der Waals surface area contributed by atoms with E-state index in [1.165, 1.54) is 17.7 Å². The number of imidazole rings is 1. The second-order valence-corrected chi connectivity index (χ2v) is 4.23. The fourth-order valence-corrected chi connectivity index (χ4v) is 2.09. The molecule has 3 rings (SSSR count). The Labute approximate surface area is 95.1 Å². The highest BCUT2D eigenvalue weighted by molar-refractivity contribution is 5.37. The summed E-state index contributed by atoms with van der Waals surface area (Å²) >= 11 is 0.